The number of likely N-dealkylation sites (tertiary alicyclic amines) is 1. The van der Waals surface area contributed by atoms with Gasteiger partial charge in [0.15, 0.2) is 11.5 Å². The van der Waals surface area contributed by atoms with Crippen LogP contribution in [0, 0.1) is 0 Å². The molecule has 2 heterocycles. The number of amides is 3. The van der Waals surface area contributed by atoms with Crippen molar-refractivity contribution >= 4 is 17.8 Å². The molecule has 8 heteroatoms. The van der Waals surface area contributed by atoms with Crippen molar-refractivity contribution < 1.29 is 23.8 Å². The molecular formula is C22H31N3O5. The highest BCUT2D eigenvalue weighted by Gasteiger charge is 2.36. The first kappa shape index (κ1) is 20.6. The lowest BCUT2D eigenvalue weighted by Gasteiger charge is -2.35. The van der Waals surface area contributed by atoms with Crippen molar-refractivity contribution in [2.24, 2.45) is 0 Å². The van der Waals surface area contributed by atoms with Gasteiger partial charge in [0.1, 0.15) is 6.10 Å². The van der Waals surface area contributed by atoms with Gasteiger partial charge in [-0.05, 0) is 57.6 Å². The number of nitrogens with zero attached hydrogens (tertiary/aromatic N) is 2. The molecule has 3 aliphatic rings. The lowest BCUT2D eigenvalue weighted by molar-refractivity contribution is 0.119. The van der Waals surface area contributed by atoms with E-state index in [9.17, 15) is 9.59 Å². The number of benzene rings is 1. The Labute approximate surface area is 177 Å². The Morgan fingerprint density at radius 1 is 1.13 bits per heavy atom. The first-order chi connectivity index (χ1) is 14.5. The number of nitrogens with one attached hydrogen (secondary N) is 1. The van der Waals surface area contributed by atoms with Crippen molar-refractivity contribution in [2.45, 2.75) is 63.7 Å². The van der Waals surface area contributed by atoms with Gasteiger partial charge in [0.05, 0.1) is 19.8 Å². The highest BCUT2D eigenvalue weighted by atomic mass is 16.6. The Kier molecular flexibility index (Phi) is 6.20. The molecule has 8 nitrogen and oxygen atoms in total. The van der Waals surface area contributed by atoms with Crippen LogP contribution in [0.5, 0.6) is 11.5 Å². The van der Waals surface area contributed by atoms with Crippen LogP contribution < -0.4 is 14.8 Å². The van der Waals surface area contributed by atoms with Crippen molar-refractivity contribution in [3.63, 3.8) is 0 Å². The Bertz CT molecular complexity index is 772. The SMILES string of the molecule is COc1ccc(NC(=O)N2CCC(N3CC(C)OC3=O)CC2)cc1OC1CCCC1. The van der Waals surface area contributed by atoms with Crippen LogP contribution in [0.1, 0.15) is 45.4 Å². The number of piperidine rings is 1. The van der Waals surface area contributed by atoms with E-state index in [-0.39, 0.29) is 30.4 Å². The lowest BCUT2D eigenvalue weighted by atomic mass is 10.0. The third-order valence-electron chi connectivity index (χ3n) is 6.19. The van der Waals surface area contributed by atoms with E-state index < -0.39 is 0 Å². The standard InChI is InChI=1S/C22H31N3O5/c1-15-14-25(22(27)29-15)17-9-11-24(12-10-17)21(26)23-16-7-8-19(28-2)20(13-16)30-18-5-3-4-6-18/h7-8,13,15,17-18H,3-6,9-12,14H2,1-2H3,(H,23,26). The van der Waals surface area contributed by atoms with Crippen LogP contribution in [0.4, 0.5) is 15.3 Å². The Balaban J connectivity index is 1.33. The summed E-state index contributed by atoms with van der Waals surface area (Å²) in [4.78, 5) is 28.3. The fourth-order valence-corrected chi connectivity index (χ4v) is 4.54. The number of hydrogen-bond acceptors (Lipinski definition) is 5. The molecule has 2 aliphatic heterocycles. The topological polar surface area (TPSA) is 80.3 Å². The highest BCUT2D eigenvalue weighted by Crippen LogP contribution is 2.34. The van der Waals surface area contributed by atoms with Gasteiger partial charge in [-0.25, -0.2) is 9.59 Å². The maximum absolute atomic E-state index is 12.8. The summed E-state index contributed by atoms with van der Waals surface area (Å²) in [6.07, 6.45) is 5.91. The van der Waals surface area contributed by atoms with E-state index in [0.717, 1.165) is 25.7 Å². The fourth-order valence-electron chi connectivity index (χ4n) is 4.54. The molecule has 4 rings (SSSR count). The quantitative estimate of drug-likeness (QED) is 0.787. The summed E-state index contributed by atoms with van der Waals surface area (Å²) in [7, 11) is 1.62. The number of carbonyl (C=O) groups excluding carboxylic acids is 2. The summed E-state index contributed by atoms with van der Waals surface area (Å²) in [6, 6.07) is 5.49. The van der Waals surface area contributed by atoms with Crippen molar-refractivity contribution in [1.82, 2.24) is 9.80 Å². The number of ether oxygens (including phenoxy) is 3. The number of cyclic esters (lactones) is 1. The summed E-state index contributed by atoms with van der Waals surface area (Å²) >= 11 is 0. The van der Waals surface area contributed by atoms with E-state index >= 15 is 0 Å². The maximum atomic E-state index is 12.8. The van der Waals surface area contributed by atoms with Gasteiger partial charge < -0.3 is 29.3 Å². The molecular weight excluding hydrogens is 386 g/mol. The monoisotopic (exact) mass is 417 g/mol. The van der Waals surface area contributed by atoms with Crippen LogP contribution in [0.25, 0.3) is 0 Å². The molecule has 0 bridgehead atoms. The van der Waals surface area contributed by atoms with Crippen molar-refractivity contribution in [3.8, 4) is 11.5 Å². The van der Waals surface area contributed by atoms with E-state index in [1.807, 2.05) is 25.1 Å². The van der Waals surface area contributed by atoms with E-state index in [1.165, 1.54) is 12.8 Å². The second-order valence-electron chi connectivity index (χ2n) is 8.39. The third-order valence-corrected chi connectivity index (χ3v) is 6.19. The van der Waals surface area contributed by atoms with Gasteiger partial charge >= 0.3 is 12.1 Å². The van der Waals surface area contributed by atoms with Crippen LogP contribution in [-0.4, -0.2) is 66.9 Å². The molecule has 0 radical (unpaired) electrons. The smallest absolute Gasteiger partial charge is 0.410 e. The van der Waals surface area contributed by atoms with E-state index in [4.69, 9.17) is 14.2 Å². The second kappa shape index (κ2) is 9.02. The summed E-state index contributed by atoms with van der Waals surface area (Å²) in [5.74, 6) is 1.34. The summed E-state index contributed by atoms with van der Waals surface area (Å²) in [5, 5.41) is 2.97. The van der Waals surface area contributed by atoms with Crippen molar-refractivity contribution in [1.29, 1.82) is 0 Å². The van der Waals surface area contributed by atoms with Crippen LogP contribution in [-0.2, 0) is 4.74 Å². The van der Waals surface area contributed by atoms with Gasteiger partial charge in [-0.3, -0.25) is 0 Å². The predicted molar refractivity (Wildman–Crippen MR) is 112 cm³/mol. The molecule has 0 aromatic heterocycles. The van der Waals surface area contributed by atoms with Gasteiger partial charge in [-0.15, -0.1) is 0 Å². The summed E-state index contributed by atoms with van der Waals surface area (Å²) in [6.45, 7) is 3.75. The molecule has 1 aromatic carbocycles. The zero-order valence-corrected chi connectivity index (χ0v) is 17.8. The molecule has 1 atom stereocenters. The minimum atomic E-state index is -0.238. The molecule has 1 unspecified atom stereocenters. The van der Waals surface area contributed by atoms with Gasteiger partial charge in [0.2, 0.25) is 0 Å². The minimum Gasteiger partial charge on any atom is -0.493 e. The Morgan fingerprint density at radius 3 is 2.50 bits per heavy atom. The van der Waals surface area contributed by atoms with Crippen LogP contribution in [0.3, 0.4) is 0 Å². The predicted octanol–water partition coefficient (Wildman–Crippen LogP) is 3.85. The van der Waals surface area contributed by atoms with Gasteiger partial charge in [0, 0.05) is 30.9 Å². The average molecular weight is 418 g/mol. The number of carbonyl (C=O) groups is 2. The number of methoxy groups -OCH3 is 1. The second-order valence-corrected chi connectivity index (χ2v) is 8.39. The van der Waals surface area contributed by atoms with Gasteiger partial charge in [0.25, 0.3) is 0 Å². The highest BCUT2D eigenvalue weighted by molar-refractivity contribution is 5.89. The third kappa shape index (κ3) is 4.57. The molecule has 0 spiro atoms. The largest absolute Gasteiger partial charge is 0.493 e. The Hall–Kier alpha value is -2.64. The Morgan fingerprint density at radius 2 is 1.87 bits per heavy atom. The molecule has 1 aromatic rings. The van der Waals surface area contributed by atoms with Gasteiger partial charge in [-0.1, -0.05) is 0 Å². The number of anilines is 1. The fraction of sp³-hybridized carbons (Fsp3) is 0.636. The number of hydrogen-bond donors (Lipinski definition) is 1. The van der Waals surface area contributed by atoms with E-state index in [2.05, 4.69) is 5.32 Å². The minimum absolute atomic E-state index is 0.0606. The first-order valence-electron chi connectivity index (χ1n) is 10.9. The summed E-state index contributed by atoms with van der Waals surface area (Å²) in [5.41, 5.74) is 0.688. The molecule has 1 N–H and O–H groups in total. The maximum Gasteiger partial charge on any atom is 0.410 e. The molecule has 164 valence electrons. The molecule has 1 aliphatic carbocycles. The number of urea groups is 1. The molecule has 3 fully saturated rings. The zero-order chi connectivity index (χ0) is 21.1. The lowest BCUT2D eigenvalue weighted by Crippen LogP contribution is -2.48. The van der Waals surface area contributed by atoms with E-state index in [1.54, 1.807) is 16.9 Å². The molecule has 30 heavy (non-hydrogen) atoms. The molecule has 2 saturated heterocycles. The zero-order valence-electron chi connectivity index (χ0n) is 17.8. The van der Waals surface area contributed by atoms with Crippen LogP contribution in [0.15, 0.2) is 18.2 Å². The molecule has 3 amide bonds. The normalized spacial score (nSPS) is 22.9. The van der Waals surface area contributed by atoms with Crippen molar-refractivity contribution in [2.75, 3.05) is 32.1 Å². The van der Waals surface area contributed by atoms with Gasteiger partial charge in [-0.2, -0.15) is 0 Å². The van der Waals surface area contributed by atoms with Crippen LogP contribution >= 0.6 is 0 Å². The average Bonchev–Trinajstić information content (AvgIpc) is 3.37. The van der Waals surface area contributed by atoms with Crippen molar-refractivity contribution in [3.05, 3.63) is 18.2 Å². The summed E-state index contributed by atoms with van der Waals surface area (Å²) < 4.78 is 16.8. The number of rotatable bonds is 5. The first-order valence-corrected chi connectivity index (χ1v) is 10.9. The van der Waals surface area contributed by atoms with Crippen LogP contribution in [0.2, 0.25) is 0 Å². The molecule has 1 saturated carbocycles. The van der Waals surface area contributed by atoms with E-state index in [0.29, 0.717) is 36.8 Å².